The smallest absolute Gasteiger partial charge is 0.228 e. The van der Waals surface area contributed by atoms with Gasteiger partial charge in [0.25, 0.3) is 0 Å². The van der Waals surface area contributed by atoms with Crippen molar-refractivity contribution in [1.29, 1.82) is 0 Å². The number of carbonyl (C=O) groups excluding carboxylic acids is 1. The maximum absolute atomic E-state index is 12.1. The third-order valence-electron chi connectivity index (χ3n) is 2.80. The standard InChI is InChI=1S/C11H17N3OS/c1-9-7-16-4-2-3-14(9)11(15)5-10-6-12-8-13-10/h6,8-9H,2-5,7H2,1H3,(H,12,13). The van der Waals surface area contributed by atoms with Gasteiger partial charge in [0.05, 0.1) is 12.7 Å². The molecule has 1 N–H and O–H groups in total. The van der Waals surface area contributed by atoms with E-state index in [4.69, 9.17) is 0 Å². The number of hydrogen-bond donors (Lipinski definition) is 1. The molecule has 1 aliphatic rings. The second kappa shape index (κ2) is 5.39. The lowest BCUT2D eigenvalue weighted by Crippen LogP contribution is -2.40. The zero-order chi connectivity index (χ0) is 11.4. The molecule has 1 aromatic rings. The molecule has 1 unspecified atom stereocenters. The SMILES string of the molecule is CC1CSCCCN1C(=O)Cc1cnc[nH]1. The van der Waals surface area contributed by atoms with Gasteiger partial charge < -0.3 is 9.88 Å². The first-order chi connectivity index (χ1) is 7.77. The fourth-order valence-electron chi connectivity index (χ4n) is 1.92. The van der Waals surface area contributed by atoms with E-state index < -0.39 is 0 Å². The van der Waals surface area contributed by atoms with E-state index in [0.29, 0.717) is 12.5 Å². The number of nitrogens with zero attached hydrogens (tertiary/aromatic N) is 2. The summed E-state index contributed by atoms with van der Waals surface area (Å²) in [6.07, 6.45) is 4.87. The monoisotopic (exact) mass is 239 g/mol. The van der Waals surface area contributed by atoms with E-state index >= 15 is 0 Å². The van der Waals surface area contributed by atoms with Crippen molar-refractivity contribution < 1.29 is 4.79 Å². The second-order valence-electron chi connectivity index (χ2n) is 4.12. The summed E-state index contributed by atoms with van der Waals surface area (Å²) >= 11 is 1.94. The van der Waals surface area contributed by atoms with Crippen molar-refractivity contribution in [1.82, 2.24) is 14.9 Å². The minimum atomic E-state index is 0.208. The molecule has 2 heterocycles. The molecular formula is C11H17N3OS. The highest BCUT2D eigenvalue weighted by Gasteiger charge is 2.22. The van der Waals surface area contributed by atoms with Crippen LogP contribution in [0.4, 0.5) is 0 Å². The number of amides is 1. The highest BCUT2D eigenvalue weighted by atomic mass is 32.2. The maximum atomic E-state index is 12.1. The Kier molecular flexibility index (Phi) is 3.88. The van der Waals surface area contributed by atoms with E-state index in [-0.39, 0.29) is 5.91 Å². The van der Waals surface area contributed by atoms with Crippen molar-refractivity contribution in [3.05, 3.63) is 18.2 Å². The van der Waals surface area contributed by atoms with E-state index in [2.05, 4.69) is 16.9 Å². The predicted octanol–water partition coefficient (Wildman–Crippen LogP) is 1.31. The Morgan fingerprint density at radius 1 is 1.75 bits per heavy atom. The molecule has 88 valence electrons. The average molecular weight is 239 g/mol. The fourth-order valence-corrected chi connectivity index (χ4v) is 2.94. The summed E-state index contributed by atoms with van der Waals surface area (Å²) in [5.74, 6) is 2.42. The second-order valence-corrected chi connectivity index (χ2v) is 5.27. The van der Waals surface area contributed by atoms with Gasteiger partial charge in [-0.05, 0) is 19.1 Å². The van der Waals surface area contributed by atoms with Crippen LogP contribution in [0.1, 0.15) is 19.0 Å². The number of imidazole rings is 1. The zero-order valence-electron chi connectivity index (χ0n) is 9.48. The van der Waals surface area contributed by atoms with Gasteiger partial charge in [0, 0.05) is 30.2 Å². The van der Waals surface area contributed by atoms with Crippen molar-refractivity contribution in [3.8, 4) is 0 Å². The highest BCUT2D eigenvalue weighted by Crippen LogP contribution is 2.16. The van der Waals surface area contributed by atoms with Crippen molar-refractivity contribution in [2.45, 2.75) is 25.8 Å². The number of nitrogens with one attached hydrogen (secondary N) is 1. The van der Waals surface area contributed by atoms with Crippen molar-refractivity contribution in [2.75, 3.05) is 18.1 Å². The van der Waals surface area contributed by atoms with Gasteiger partial charge in [0.2, 0.25) is 5.91 Å². The van der Waals surface area contributed by atoms with E-state index in [1.807, 2.05) is 16.7 Å². The normalized spacial score (nSPS) is 21.8. The molecule has 0 saturated carbocycles. The van der Waals surface area contributed by atoms with Gasteiger partial charge >= 0.3 is 0 Å². The van der Waals surface area contributed by atoms with Crippen LogP contribution in [0.25, 0.3) is 0 Å². The van der Waals surface area contributed by atoms with Gasteiger partial charge in [0.15, 0.2) is 0 Å². The zero-order valence-corrected chi connectivity index (χ0v) is 10.3. The minimum absolute atomic E-state index is 0.208. The Labute approximate surface area is 99.8 Å². The molecule has 16 heavy (non-hydrogen) atoms. The summed E-state index contributed by atoms with van der Waals surface area (Å²) in [5, 5.41) is 0. The first-order valence-electron chi connectivity index (χ1n) is 5.62. The molecule has 1 saturated heterocycles. The Balaban J connectivity index is 1.97. The topological polar surface area (TPSA) is 49.0 Å². The highest BCUT2D eigenvalue weighted by molar-refractivity contribution is 7.99. The van der Waals surface area contributed by atoms with Crippen LogP contribution in [-0.4, -0.2) is 44.9 Å². The molecule has 1 atom stereocenters. The number of H-pyrrole nitrogens is 1. The molecule has 1 amide bonds. The summed E-state index contributed by atoms with van der Waals surface area (Å²) in [6.45, 7) is 3.02. The quantitative estimate of drug-likeness (QED) is 0.846. The van der Waals surface area contributed by atoms with Gasteiger partial charge in [-0.25, -0.2) is 4.98 Å². The molecule has 1 fully saturated rings. The molecule has 0 bridgehead atoms. The van der Waals surface area contributed by atoms with Crippen LogP contribution in [-0.2, 0) is 11.2 Å². The van der Waals surface area contributed by atoms with Gasteiger partial charge in [-0.3, -0.25) is 4.79 Å². The largest absolute Gasteiger partial charge is 0.348 e. The minimum Gasteiger partial charge on any atom is -0.348 e. The van der Waals surface area contributed by atoms with E-state index in [0.717, 1.165) is 30.2 Å². The Morgan fingerprint density at radius 3 is 3.38 bits per heavy atom. The summed E-state index contributed by atoms with van der Waals surface area (Å²) in [6, 6.07) is 0.350. The summed E-state index contributed by atoms with van der Waals surface area (Å²) in [5.41, 5.74) is 0.897. The number of rotatable bonds is 2. The molecule has 1 aliphatic heterocycles. The molecule has 5 heteroatoms. The van der Waals surface area contributed by atoms with Crippen molar-refractivity contribution in [2.24, 2.45) is 0 Å². The van der Waals surface area contributed by atoms with Crippen LogP contribution in [0, 0.1) is 0 Å². The first-order valence-corrected chi connectivity index (χ1v) is 6.77. The third kappa shape index (κ3) is 2.78. The average Bonchev–Trinajstić information content (AvgIpc) is 2.66. The number of carbonyl (C=O) groups is 1. The molecule has 0 radical (unpaired) electrons. The molecule has 0 aliphatic carbocycles. The van der Waals surface area contributed by atoms with Gasteiger partial charge in [-0.15, -0.1) is 0 Å². The Bertz CT molecular complexity index is 339. The lowest BCUT2D eigenvalue weighted by Gasteiger charge is -2.26. The Morgan fingerprint density at radius 2 is 2.62 bits per heavy atom. The third-order valence-corrected chi connectivity index (χ3v) is 4.09. The summed E-state index contributed by atoms with van der Waals surface area (Å²) in [4.78, 5) is 21.0. The van der Waals surface area contributed by atoms with E-state index in [1.165, 1.54) is 0 Å². The molecule has 0 spiro atoms. The Hall–Kier alpha value is -0.970. The first kappa shape index (κ1) is 11.5. The van der Waals surface area contributed by atoms with Gasteiger partial charge in [-0.2, -0.15) is 11.8 Å². The summed E-state index contributed by atoms with van der Waals surface area (Å²) < 4.78 is 0. The summed E-state index contributed by atoms with van der Waals surface area (Å²) in [7, 11) is 0. The van der Waals surface area contributed by atoms with Crippen LogP contribution in [0.2, 0.25) is 0 Å². The predicted molar refractivity (Wildman–Crippen MR) is 65.4 cm³/mol. The molecule has 2 rings (SSSR count). The molecular weight excluding hydrogens is 222 g/mol. The van der Waals surface area contributed by atoms with Crippen LogP contribution in [0.15, 0.2) is 12.5 Å². The fraction of sp³-hybridized carbons (Fsp3) is 0.636. The van der Waals surface area contributed by atoms with E-state index in [1.54, 1.807) is 12.5 Å². The number of hydrogen-bond acceptors (Lipinski definition) is 3. The maximum Gasteiger partial charge on any atom is 0.228 e. The molecule has 1 aromatic heterocycles. The lowest BCUT2D eigenvalue weighted by molar-refractivity contribution is -0.132. The molecule has 0 aromatic carbocycles. The van der Waals surface area contributed by atoms with Gasteiger partial charge in [0.1, 0.15) is 0 Å². The lowest BCUT2D eigenvalue weighted by atomic mass is 10.2. The number of aromatic nitrogens is 2. The van der Waals surface area contributed by atoms with Crippen LogP contribution in [0.3, 0.4) is 0 Å². The van der Waals surface area contributed by atoms with Gasteiger partial charge in [-0.1, -0.05) is 0 Å². The van der Waals surface area contributed by atoms with Crippen LogP contribution >= 0.6 is 11.8 Å². The number of aromatic amines is 1. The molecule has 4 nitrogen and oxygen atoms in total. The van der Waals surface area contributed by atoms with Crippen LogP contribution < -0.4 is 0 Å². The number of thioether (sulfide) groups is 1. The van der Waals surface area contributed by atoms with Crippen molar-refractivity contribution >= 4 is 17.7 Å². The van der Waals surface area contributed by atoms with Crippen molar-refractivity contribution in [3.63, 3.8) is 0 Å². The van der Waals surface area contributed by atoms with Crippen LogP contribution in [0.5, 0.6) is 0 Å². The van der Waals surface area contributed by atoms with E-state index in [9.17, 15) is 4.79 Å².